The standard InChI is InChI=1S/C21H20N4O/c1-2-15-7-3-5-9-18(15)24-21-22-13-17(14-23-21)20(26)25-12-11-16-8-4-6-10-19(16)25/h3-10,13-14H,2,11-12H2,1H3,(H,22,23,24). The molecule has 0 radical (unpaired) electrons. The van der Waals surface area contributed by atoms with Crippen molar-refractivity contribution >= 4 is 23.2 Å². The first-order chi connectivity index (χ1) is 12.8. The third kappa shape index (κ3) is 3.04. The molecule has 0 bridgehead atoms. The lowest BCUT2D eigenvalue weighted by Crippen LogP contribution is -2.29. The second kappa shape index (κ2) is 6.96. The molecule has 0 unspecified atom stereocenters. The molecule has 0 aliphatic carbocycles. The number of hydrogen-bond acceptors (Lipinski definition) is 4. The number of aryl methyl sites for hydroxylation is 1. The number of fused-ring (bicyclic) bond motifs is 1. The van der Waals surface area contributed by atoms with Gasteiger partial charge in [0.15, 0.2) is 0 Å². The zero-order chi connectivity index (χ0) is 17.9. The van der Waals surface area contributed by atoms with Gasteiger partial charge in [-0.3, -0.25) is 4.79 Å². The van der Waals surface area contributed by atoms with Crippen LogP contribution in [0.1, 0.15) is 28.4 Å². The van der Waals surface area contributed by atoms with Crippen LogP contribution in [0.25, 0.3) is 0 Å². The van der Waals surface area contributed by atoms with Crippen LogP contribution in [0.15, 0.2) is 60.9 Å². The first-order valence-electron chi connectivity index (χ1n) is 8.83. The zero-order valence-corrected chi connectivity index (χ0v) is 14.6. The highest BCUT2D eigenvalue weighted by Gasteiger charge is 2.25. The zero-order valence-electron chi connectivity index (χ0n) is 14.6. The molecular weight excluding hydrogens is 324 g/mol. The average molecular weight is 344 g/mol. The maximum absolute atomic E-state index is 12.8. The minimum atomic E-state index is -0.0598. The fourth-order valence-electron chi connectivity index (χ4n) is 3.28. The average Bonchev–Trinajstić information content (AvgIpc) is 3.12. The minimum Gasteiger partial charge on any atom is -0.324 e. The molecule has 26 heavy (non-hydrogen) atoms. The molecule has 0 spiro atoms. The van der Waals surface area contributed by atoms with Crippen LogP contribution >= 0.6 is 0 Å². The van der Waals surface area contributed by atoms with E-state index in [-0.39, 0.29) is 5.91 Å². The number of nitrogens with zero attached hydrogens (tertiary/aromatic N) is 3. The van der Waals surface area contributed by atoms with Gasteiger partial charge in [-0.05, 0) is 36.1 Å². The van der Waals surface area contributed by atoms with Gasteiger partial charge >= 0.3 is 0 Å². The Balaban J connectivity index is 1.52. The van der Waals surface area contributed by atoms with E-state index in [1.165, 1.54) is 11.1 Å². The normalized spacial score (nSPS) is 12.7. The lowest BCUT2D eigenvalue weighted by atomic mass is 10.1. The molecule has 5 nitrogen and oxygen atoms in total. The Labute approximate surface area is 152 Å². The topological polar surface area (TPSA) is 58.1 Å². The van der Waals surface area contributed by atoms with Crippen LogP contribution in [0.4, 0.5) is 17.3 Å². The van der Waals surface area contributed by atoms with Crippen LogP contribution in [0.2, 0.25) is 0 Å². The van der Waals surface area contributed by atoms with Crippen LogP contribution < -0.4 is 10.2 Å². The molecule has 0 saturated heterocycles. The number of hydrogen-bond donors (Lipinski definition) is 1. The van der Waals surface area contributed by atoms with E-state index in [4.69, 9.17) is 0 Å². The Hall–Kier alpha value is -3.21. The summed E-state index contributed by atoms with van der Waals surface area (Å²) in [6, 6.07) is 16.1. The van der Waals surface area contributed by atoms with Crippen molar-refractivity contribution in [1.82, 2.24) is 9.97 Å². The third-order valence-corrected chi connectivity index (χ3v) is 4.68. The Morgan fingerprint density at radius 2 is 1.81 bits per heavy atom. The van der Waals surface area contributed by atoms with Crippen molar-refractivity contribution in [2.75, 3.05) is 16.8 Å². The second-order valence-electron chi connectivity index (χ2n) is 6.27. The number of amides is 1. The molecule has 1 aliphatic rings. The molecule has 0 atom stereocenters. The summed E-state index contributed by atoms with van der Waals surface area (Å²) in [5.74, 6) is 0.430. The fraction of sp³-hybridized carbons (Fsp3) is 0.190. The Bertz CT molecular complexity index is 937. The molecule has 4 rings (SSSR count). The van der Waals surface area contributed by atoms with E-state index < -0.39 is 0 Å². The lowest BCUT2D eigenvalue weighted by Gasteiger charge is -2.17. The number of aromatic nitrogens is 2. The number of nitrogens with one attached hydrogen (secondary N) is 1. The van der Waals surface area contributed by atoms with Gasteiger partial charge in [-0.25, -0.2) is 9.97 Å². The molecule has 5 heteroatoms. The Morgan fingerprint density at radius 1 is 1.08 bits per heavy atom. The lowest BCUT2D eigenvalue weighted by molar-refractivity contribution is 0.0988. The maximum atomic E-state index is 12.8. The molecule has 1 aromatic heterocycles. The van der Waals surface area contributed by atoms with Crippen LogP contribution in [-0.2, 0) is 12.8 Å². The smallest absolute Gasteiger partial charge is 0.261 e. The van der Waals surface area contributed by atoms with E-state index >= 15 is 0 Å². The van der Waals surface area contributed by atoms with E-state index in [1.807, 2.05) is 36.4 Å². The minimum absolute atomic E-state index is 0.0598. The number of benzene rings is 2. The summed E-state index contributed by atoms with van der Waals surface area (Å²) < 4.78 is 0. The summed E-state index contributed by atoms with van der Waals surface area (Å²) in [7, 11) is 0. The van der Waals surface area contributed by atoms with E-state index in [0.29, 0.717) is 18.1 Å². The highest BCUT2D eigenvalue weighted by Crippen LogP contribution is 2.28. The van der Waals surface area contributed by atoms with Gasteiger partial charge in [-0.1, -0.05) is 43.3 Å². The first-order valence-corrected chi connectivity index (χ1v) is 8.83. The summed E-state index contributed by atoms with van der Waals surface area (Å²) >= 11 is 0. The first kappa shape index (κ1) is 16.3. The molecule has 1 aliphatic heterocycles. The van der Waals surface area contributed by atoms with Crippen molar-refractivity contribution in [2.24, 2.45) is 0 Å². The summed E-state index contributed by atoms with van der Waals surface area (Å²) in [5, 5.41) is 3.23. The monoisotopic (exact) mass is 344 g/mol. The van der Waals surface area contributed by atoms with Gasteiger partial charge in [0.05, 0.1) is 5.56 Å². The van der Waals surface area contributed by atoms with E-state index in [9.17, 15) is 4.79 Å². The van der Waals surface area contributed by atoms with Crippen LogP contribution in [0.5, 0.6) is 0 Å². The molecule has 2 heterocycles. The van der Waals surface area contributed by atoms with E-state index in [1.54, 1.807) is 17.3 Å². The second-order valence-corrected chi connectivity index (χ2v) is 6.27. The van der Waals surface area contributed by atoms with Gasteiger partial charge in [-0.2, -0.15) is 0 Å². The van der Waals surface area contributed by atoms with Crippen LogP contribution in [0, 0.1) is 0 Å². The fourth-order valence-corrected chi connectivity index (χ4v) is 3.28. The highest BCUT2D eigenvalue weighted by atomic mass is 16.2. The van der Waals surface area contributed by atoms with Gasteiger partial charge in [0, 0.05) is 30.3 Å². The number of anilines is 3. The summed E-state index contributed by atoms with van der Waals surface area (Å²) in [6.07, 6.45) is 4.99. The van der Waals surface area contributed by atoms with Gasteiger partial charge < -0.3 is 10.2 Å². The predicted molar refractivity (Wildman–Crippen MR) is 103 cm³/mol. The Morgan fingerprint density at radius 3 is 2.62 bits per heavy atom. The van der Waals surface area contributed by atoms with E-state index in [2.05, 4.69) is 34.3 Å². The van der Waals surface area contributed by atoms with Gasteiger partial charge in [-0.15, -0.1) is 0 Å². The van der Waals surface area contributed by atoms with E-state index in [0.717, 1.165) is 24.2 Å². The van der Waals surface area contributed by atoms with Crippen LogP contribution in [-0.4, -0.2) is 22.4 Å². The molecule has 2 aromatic carbocycles. The van der Waals surface area contributed by atoms with Crippen molar-refractivity contribution < 1.29 is 4.79 Å². The largest absolute Gasteiger partial charge is 0.324 e. The summed E-state index contributed by atoms with van der Waals surface area (Å²) in [4.78, 5) is 23.3. The number of rotatable bonds is 4. The Kier molecular flexibility index (Phi) is 4.35. The quantitative estimate of drug-likeness (QED) is 0.777. The predicted octanol–water partition coefficient (Wildman–Crippen LogP) is 3.99. The van der Waals surface area contributed by atoms with Crippen molar-refractivity contribution in [1.29, 1.82) is 0 Å². The molecule has 0 fully saturated rings. The number of carbonyl (C=O) groups is 1. The van der Waals surface area contributed by atoms with Gasteiger partial charge in [0.2, 0.25) is 5.95 Å². The SMILES string of the molecule is CCc1ccccc1Nc1ncc(C(=O)N2CCc3ccccc32)cn1. The molecule has 0 saturated carbocycles. The third-order valence-electron chi connectivity index (χ3n) is 4.68. The van der Waals surface area contributed by atoms with Crippen molar-refractivity contribution in [3.05, 3.63) is 77.6 Å². The molecule has 3 aromatic rings. The highest BCUT2D eigenvalue weighted by molar-refractivity contribution is 6.07. The molecular formula is C21H20N4O. The van der Waals surface area contributed by atoms with Crippen molar-refractivity contribution in [3.8, 4) is 0 Å². The summed E-state index contributed by atoms with van der Waals surface area (Å²) in [5.41, 5.74) is 4.87. The van der Waals surface area contributed by atoms with Crippen molar-refractivity contribution in [3.63, 3.8) is 0 Å². The molecule has 130 valence electrons. The molecule has 1 N–H and O–H groups in total. The van der Waals surface area contributed by atoms with Crippen LogP contribution in [0.3, 0.4) is 0 Å². The number of para-hydroxylation sites is 2. The number of carbonyl (C=O) groups excluding carboxylic acids is 1. The van der Waals surface area contributed by atoms with Gasteiger partial charge in [0.1, 0.15) is 0 Å². The maximum Gasteiger partial charge on any atom is 0.261 e. The molecule has 1 amide bonds. The van der Waals surface area contributed by atoms with Crippen molar-refractivity contribution in [2.45, 2.75) is 19.8 Å². The summed E-state index contributed by atoms with van der Waals surface area (Å²) in [6.45, 7) is 2.80. The van der Waals surface area contributed by atoms with Gasteiger partial charge in [0.25, 0.3) is 5.91 Å².